The van der Waals surface area contributed by atoms with Gasteiger partial charge in [-0.1, -0.05) is 242 Å². The van der Waals surface area contributed by atoms with Gasteiger partial charge in [-0.05, 0) is 176 Å². The average molecular weight is 1360 g/mol. The fourth-order valence-electron chi connectivity index (χ4n) is 13.4. The van der Waals surface area contributed by atoms with Crippen molar-refractivity contribution in [1.82, 2.24) is 0 Å². The second-order valence-corrected chi connectivity index (χ2v) is 26.8. The molecular weight excluding hydrogens is 1260 g/mol. The Hall–Kier alpha value is -12.1. The van der Waals surface area contributed by atoms with Crippen LogP contribution in [0.15, 0.2) is 340 Å². The van der Waals surface area contributed by atoms with E-state index in [1.807, 2.05) is 76.5 Å². The third kappa shape index (κ3) is 18.2. The minimum atomic E-state index is -2.07. The van der Waals surface area contributed by atoms with E-state index in [9.17, 15) is 0 Å². The predicted octanol–water partition coefficient (Wildman–Crippen LogP) is 22.0. The fourth-order valence-corrected chi connectivity index (χ4v) is 13.4. The Balaban J connectivity index is 0.000000137. The molecule has 0 aliphatic heterocycles. The van der Waals surface area contributed by atoms with Crippen LogP contribution in [0.3, 0.4) is 0 Å². The zero-order chi connectivity index (χ0) is 78.2. The summed E-state index contributed by atoms with van der Waals surface area (Å²) in [4.78, 5) is 0. The quantitative estimate of drug-likeness (QED) is 0.122. The summed E-state index contributed by atoms with van der Waals surface area (Å²) in [6.45, 7) is 10.5. The van der Waals surface area contributed by atoms with Gasteiger partial charge in [0.1, 0.15) is 35.2 Å². The van der Waals surface area contributed by atoms with Crippen LogP contribution in [0.1, 0.15) is 58.3 Å². The second kappa shape index (κ2) is 34.5. The van der Waals surface area contributed by atoms with Gasteiger partial charge >= 0.3 is 0 Å². The van der Waals surface area contributed by atoms with Crippen molar-refractivity contribution in [3.8, 4) is 112 Å². The molecule has 514 valence electrons. The molecule has 10 aromatic carbocycles. The molecule has 5 aromatic heterocycles. The van der Waals surface area contributed by atoms with Crippen molar-refractivity contribution < 1.29 is 31.1 Å². The average Bonchev–Trinajstić information content (AvgIpc) is 0.797. The van der Waals surface area contributed by atoms with E-state index in [0.29, 0.717) is 11.1 Å². The zero-order valence-electron chi connectivity index (χ0n) is 68.1. The molecule has 15 aromatic rings. The third-order valence-electron chi connectivity index (χ3n) is 19.1. The zero-order valence-corrected chi connectivity index (χ0v) is 62.1. The molecule has 0 amide bonds. The first-order chi connectivity index (χ1) is 52.8. The number of nitrogens with zero attached hydrogens (tertiary/aromatic N) is 5. The number of hydrogen-bond acceptors (Lipinski definition) is 0. The molecule has 0 bridgehead atoms. The van der Waals surface area contributed by atoms with Gasteiger partial charge < -0.3 is 0 Å². The van der Waals surface area contributed by atoms with Crippen molar-refractivity contribution in [2.24, 2.45) is 35.2 Å². The molecule has 0 spiro atoms. The molecule has 0 fully saturated rings. The van der Waals surface area contributed by atoms with Gasteiger partial charge in [-0.2, -0.15) is 0 Å². The summed E-state index contributed by atoms with van der Waals surface area (Å²) in [6.07, 6.45) is 10.7. The summed E-state index contributed by atoms with van der Waals surface area (Å²) in [6, 6.07) is 106. The molecule has 0 saturated heterocycles. The van der Waals surface area contributed by atoms with E-state index < -0.39 is 13.7 Å². The minimum Gasteiger partial charge on any atom is -0.201 e. The molecule has 104 heavy (non-hydrogen) atoms. The Kier molecular flexibility index (Phi) is 21.7. The molecular formula is C99H98N5+5. The Labute approximate surface area is 627 Å². The summed E-state index contributed by atoms with van der Waals surface area (Å²) in [5.74, 6) is 0. The SMILES string of the molecule is Cc1c[n+](C)c(-c2ccccc2C)cc1-c1ccccc1.Cc1ccccc1-c1cc(-c2ccccc2)cc[n+]1C.Cc1ccccc1-c1cc(-c2ccccc2)cc[n+]1C.[2H]C([2H])([2H])c1ccc(-c2cc(C)c(-c3ccccc3)c[n+]2C)c(C)c1.[2H]C([2H])([2H])c1ccc(-c2ccc(-c3ccccc3)c[n+]2C)c(C)c1. The molecule has 0 radical (unpaired) electrons. The van der Waals surface area contributed by atoms with Crippen LogP contribution in [-0.4, -0.2) is 0 Å². The van der Waals surface area contributed by atoms with Gasteiger partial charge in [-0.15, -0.1) is 0 Å². The highest BCUT2D eigenvalue weighted by atomic mass is 14.9. The number of hydrogen-bond donors (Lipinski definition) is 0. The maximum absolute atomic E-state index is 7.57. The van der Waals surface area contributed by atoms with Crippen molar-refractivity contribution >= 4 is 0 Å². The van der Waals surface area contributed by atoms with Crippen LogP contribution in [0.4, 0.5) is 0 Å². The Morgan fingerprint density at radius 2 is 0.519 bits per heavy atom. The highest BCUT2D eigenvalue weighted by Gasteiger charge is 2.21. The van der Waals surface area contributed by atoms with Crippen LogP contribution in [0.5, 0.6) is 0 Å². The normalized spacial score (nSPS) is 11.7. The summed E-state index contributed by atoms with van der Waals surface area (Å²) in [5.41, 5.74) is 33.2. The molecule has 0 atom stereocenters. The largest absolute Gasteiger partial charge is 0.213 e. The summed E-state index contributed by atoms with van der Waals surface area (Å²) >= 11 is 0. The van der Waals surface area contributed by atoms with Gasteiger partial charge in [-0.25, -0.2) is 22.8 Å². The maximum atomic E-state index is 7.57. The third-order valence-corrected chi connectivity index (χ3v) is 19.1. The van der Waals surface area contributed by atoms with Gasteiger partial charge in [0.2, 0.25) is 28.5 Å². The van der Waals surface area contributed by atoms with E-state index >= 15 is 0 Å². The monoisotopic (exact) mass is 1360 g/mol. The van der Waals surface area contributed by atoms with Crippen molar-refractivity contribution in [2.75, 3.05) is 0 Å². The number of rotatable bonds is 10. The van der Waals surface area contributed by atoms with Crippen molar-refractivity contribution in [3.63, 3.8) is 0 Å². The van der Waals surface area contributed by atoms with E-state index in [0.717, 1.165) is 39.2 Å². The standard InChI is InChI=1S/C21H22N.2C20H20N.2C19H18N/c1-15-10-11-19(16(2)12-15)21-13-17(3)20(14-22(21)4)18-8-6-5-7-9-18;1-15-9-7-8-12-18(15)20-13-19(16(2)14-21(20)3)17-10-5-4-6-11-17;1-15-9-11-19(16(2)13-15)20-12-10-18(14-21(20)3)17-7-5-4-6-8-17;2*1-15-8-6-7-11-18(15)19-14-17(12-13-20(19)2)16-9-4-3-5-10-16/h5-14H,1-4H3;2*4-14H,1-3H3;2*3-14H,1-2H3/q5*+1/i1D3;;1D3;;. The lowest BCUT2D eigenvalue weighted by Crippen LogP contribution is -2.31. The topological polar surface area (TPSA) is 19.4 Å². The molecule has 0 saturated carbocycles. The van der Waals surface area contributed by atoms with Crippen molar-refractivity contribution in [1.29, 1.82) is 0 Å². The van der Waals surface area contributed by atoms with Gasteiger partial charge in [0.05, 0.1) is 0 Å². The van der Waals surface area contributed by atoms with E-state index in [4.69, 9.17) is 8.22 Å². The molecule has 0 N–H and O–H groups in total. The van der Waals surface area contributed by atoms with Gasteiger partial charge in [0.15, 0.2) is 31.0 Å². The first-order valence-corrected chi connectivity index (χ1v) is 35.5. The second-order valence-electron chi connectivity index (χ2n) is 26.8. The lowest BCUT2D eigenvalue weighted by molar-refractivity contribution is -0.660. The number of aryl methyl sites for hydroxylation is 14. The lowest BCUT2D eigenvalue weighted by Gasteiger charge is -2.10. The predicted molar refractivity (Wildman–Crippen MR) is 435 cm³/mol. The molecule has 5 nitrogen and oxygen atoms in total. The van der Waals surface area contributed by atoms with Crippen LogP contribution in [0, 0.1) is 62.2 Å². The lowest BCUT2D eigenvalue weighted by atomic mass is 9.97. The molecule has 0 unspecified atom stereocenters. The first-order valence-electron chi connectivity index (χ1n) is 38.5. The molecule has 5 heterocycles. The van der Waals surface area contributed by atoms with Crippen LogP contribution in [0.2, 0.25) is 0 Å². The van der Waals surface area contributed by atoms with Crippen LogP contribution in [-0.2, 0) is 35.2 Å². The minimum absolute atomic E-state index is 0.382. The Morgan fingerprint density at radius 3 is 0.923 bits per heavy atom. The summed E-state index contributed by atoms with van der Waals surface area (Å²) in [7, 11) is 10.3. The van der Waals surface area contributed by atoms with Crippen LogP contribution >= 0.6 is 0 Å². The molecule has 15 rings (SSSR count). The van der Waals surface area contributed by atoms with Gasteiger partial charge in [0, 0.05) is 95.2 Å². The summed E-state index contributed by atoms with van der Waals surface area (Å²) < 4.78 is 56.1. The molecule has 0 aliphatic carbocycles. The highest BCUT2D eigenvalue weighted by Crippen LogP contribution is 2.32. The summed E-state index contributed by atoms with van der Waals surface area (Å²) in [5, 5.41) is 0. The van der Waals surface area contributed by atoms with E-state index in [-0.39, 0.29) is 0 Å². The van der Waals surface area contributed by atoms with Crippen LogP contribution < -0.4 is 22.8 Å². The first kappa shape index (κ1) is 65.3. The van der Waals surface area contributed by atoms with E-state index in [2.05, 4.69) is 346 Å². The Morgan fingerprint density at radius 1 is 0.192 bits per heavy atom. The number of pyridine rings is 5. The highest BCUT2D eigenvalue weighted by molar-refractivity contribution is 5.75. The molecule has 5 heteroatoms. The van der Waals surface area contributed by atoms with Gasteiger partial charge in [0.25, 0.3) is 0 Å². The maximum Gasteiger partial charge on any atom is 0.213 e. The van der Waals surface area contributed by atoms with Crippen molar-refractivity contribution in [2.45, 2.75) is 62.2 Å². The number of benzene rings is 10. The fraction of sp³-hybridized carbons (Fsp3) is 0.141. The smallest absolute Gasteiger partial charge is 0.201 e. The van der Waals surface area contributed by atoms with Gasteiger partial charge in [-0.3, -0.25) is 0 Å². The van der Waals surface area contributed by atoms with Crippen molar-refractivity contribution in [3.05, 3.63) is 390 Å². The molecule has 0 aliphatic rings. The Bertz CT molecular complexity index is 5510. The van der Waals surface area contributed by atoms with Crippen LogP contribution in [0.25, 0.3) is 112 Å². The van der Waals surface area contributed by atoms with E-state index in [1.165, 1.54) is 112 Å². The van der Waals surface area contributed by atoms with E-state index in [1.54, 1.807) is 24.3 Å². The number of aromatic nitrogens is 5.